The van der Waals surface area contributed by atoms with Gasteiger partial charge in [0.1, 0.15) is 11.4 Å². The highest BCUT2D eigenvalue weighted by molar-refractivity contribution is 7.86. The van der Waals surface area contributed by atoms with E-state index in [1.165, 1.54) is 0 Å². The molecule has 2 amide bonds. The molecule has 0 bridgehead atoms. The highest BCUT2D eigenvalue weighted by Crippen LogP contribution is 2.58. The topological polar surface area (TPSA) is 221 Å². The normalized spacial score (nSPS) is 25.6. The molecule has 1 aliphatic carbocycles. The molecule has 4 aliphatic rings. The van der Waals surface area contributed by atoms with E-state index in [1.54, 1.807) is 78.9 Å². The third kappa shape index (κ3) is 7.25. The Morgan fingerprint density at radius 1 is 0.821 bits per heavy atom. The molecule has 13 nitrogen and oxygen atoms in total. The number of anilines is 1. The van der Waals surface area contributed by atoms with Crippen LogP contribution in [0.4, 0.5) is 11.4 Å². The number of ketones is 1. The summed E-state index contributed by atoms with van der Waals surface area (Å²) >= 11 is 0. The predicted octanol–water partition coefficient (Wildman–Crippen LogP) is 4.59. The highest BCUT2D eigenvalue weighted by Gasteiger charge is 2.64. The van der Waals surface area contributed by atoms with Crippen molar-refractivity contribution in [3.8, 4) is 0 Å². The molecule has 4 N–H and O–H groups in total. The van der Waals surface area contributed by atoms with Crippen molar-refractivity contribution in [1.82, 2.24) is 4.48 Å². The maximum absolute atomic E-state index is 13.3. The first-order valence-corrected chi connectivity index (χ1v) is 21.3. The van der Waals surface area contributed by atoms with Gasteiger partial charge in [0, 0.05) is 63.0 Å². The molecule has 0 aromatic heterocycles. The van der Waals surface area contributed by atoms with Crippen LogP contribution in [0.3, 0.4) is 0 Å². The maximum Gasteiger partial charge on any atom is 0.248 e. The van der Waals surface area contributed by atoms with Crippen molar-refractivity contribution in [1.29, 1.82) is 0 Å². The molecule has 6 rings (SSSR count). The minimum absolute atomic E-state index is 0.102. The van der Waals surface area contributed by atoms with Gasteiger partial charge < -0.3 is 25.5 Å². The Balaban J connectivity index is 1.22. The molecule has 15 heteroatoms. The molecule has 2 aromatic rings. The number of amides is 2. The second-order valence-corrected chi connectivity index (χ2v) is 18.7. The monoisotopic (exact) mass is 801 g/mol. The van der Waals surface area contributed by atoms with Gasteiger partial charge in [-0.15, -0.1) is 0 Å². The zero-order valence-electron chi connectivity index (χ0n) is 31.6. The van der Waals surface area contributed by atoms with Gasteiger partial charge in [-0.2, -0.15) is 0 Å². The van der Waals surface area contributed by atoms with E-state index in [-0.39, 0.29) is 35.2 Å². The van der Waals surface area contributed by atoms with Crippen molar-refractivity contribution >= 4 is 49.2 Å². The lowest BCUT2D eigenvalue weighted by Gasteiger charge is -2.51. The Kier molecular flexibility index (Phi) is 10.6. The Hall–Kier alpha value is -4.93. The second-order valence-electron chi connectivity index (χ2n) is 15.6. The third-order valence-corrected chi connectivity index (χ3v) is 13.6. The maximum atomic E-state index is 13.3. The van der Waals surface area contributed by atoms with Gasteiger partial charge in [0.15, 0.2) is 21.3 Å². The summed E-state index contributed by atoms with van der Waals surface area (Å²) in [5, 5.41) is -1.20. The highest BCUT2D eigenvalue weighted by atomic mass is 32.2. The molecule has 2 unspecified atom stereocenters. The SMILES string of the molecule is CC1(C)C(=CC=CC=C2CCC(=CC=CC=C3C(C)(C)c4cc(C(N)=O)ccc4[N+]34CCC4S(=O)(=O)[O-])C2=O)N(CCCS(=O)(=O)[O-])c2ccc(C(N)=O)cc21. The van der Waals surface area contributed by atoms with Gasteiger partial charge in [0.2, 0.25) is 11.8 Å². The summed E-state index contributed by atoms with van der Waals surface area (Å²) in [7, 11) is -9.08. The number of fused-ring (bicyclic) bond motifs is 3. The van der Waals surface area contributed by atoms with E-state index in [0.29, 0.717) is 47.5 Å². The number of Topliss-reactive ketones (excluding diaryl/α,β-unsaturated/α-hetero) is 1. The molecular formula is C41H45N4O9S2-. The summed E-state index contributed by atoms with van der Waals surface area (Å²) in [5.74, 6) is -1.81. The van der Waals surface area contributed by atoms with Gasteiger partial charge in [-0.3, -0.25) is 14.4 Å². The molecule has 1 saturated heterocycles. The van der Waals surface area contributed by atoms with Crippen molar-refractivity contribution in [2.24, 2.45) is 11.5 Å². The molecule has 2 aromatic carbocycles. The molecule has 2 fully saturated rings. The van der Waals surface area contributed by atoms with Gasteiger partial charge in [-0.25, -0.2) is 21.3 Å². The summed E-state index contributed by atoms with van der Waals surface area (Å²) < 4.78 is 71.2. The number of rotatable bonds is 11. The first-order chi connectivity index (χ1) is 26.1. The van der Waals surface area contributed by atoms with Crippen LogP contribution in [0.5, 0.6) is 0 Å². The lowest BCUT2D eigenvalue weighted by molar-refractivity contribution is -0.111. The second kappa shape index (κ2) is 14.5. The van der Waals surface area contributed by atoms with E-state index < -0.39 is 54.0 Å². The number of carbonyl (C=O) groups excluding carboxylic acids is 3. The van der Waals surface area contributed by atoms with Gasteiger partial charge in [-0.05, 0) is 81.2 Å². The zero-order valence-corrected chi connectivity index (χ0v) is 33.3. The average molecular weight is 802 g/mol. The zero-order chi connectivity index (χ0) is 41.0. The number of hydrogen-bond donors (Lipinski definition) is 2. The summed E-state index contributed by atoms with van der Waals surface area (Å²) in [4.78, 5) is 39.2. The first kappa shape index (κ1) is 40.7. The van der Waals surface area contributed by atoms with E-state index in [9.17, 15) is 40.3 Å². The third-order valence-electron chi connectivity index (χ3n) is 11.5. The molecule has 2 atom stereocenters. The Labute approximate surface area is 327 Å². The quantitative estimate of drug-likeness (QED) is 0.183. The van der Waals surface area contributed by atoms with Crippen molar-refractivity contribution in [2.45, 2.75) is 69.6 Å². The summed E-state index contributed by atoms with van der Waals surface area (Å²) in [6.45, 7) is 8.44. The average Bonchev–Trinajstić information content (AvgIpc) is 3.61. The molecule has 1 spiro atoms. The number of hydrogen-bond acceptors (Lipinski definition) is 10. The minimum atomic E-state index is -4.67. The van der Waals surface area contributed by atoms with E-state index in [1.807, 2.05) is 38.7 Å². The lowest BCUT2D eigenvalue weighted by Crippen LogP contribution is -2.68. The molecule has 296 valence electrons. The molecular weight excluding hydrogens is 757 g/mol. The van der Waals surface area contributed by atoms with Gasteiger partial charge >= 0.3 is 0 Å². The first-order valence-electron chi connectivity index (χ1n) is 18.2. The number of primary amides is 2. The van der Waals surface area contributed by atoms with E-state index >= 15 is 0 Å². The van der Waals surface area contributed by atoms with Gasteiger partial charge in [0.25, 0.3) is 0 Å². The standard InChI is InChI=1S/C41H46N4O9S2/c1-40(2)30-24-28(38(42)47)16-18-32(30)44(21-9-23-55(49,50)51)34(40)12-7-5-10-26-14-15-27(37(26)46)11-6-8-13-35-41(3,4)31-25-29(39(43)48)17-19-33(31)45(35)22-20-36(45)56(52,53)54/h5-8,10-13,16-19,24-25,36H,9,14-15,20-23H2,1-4H3,(H5-,42,43,47,48,49,50,51,52,53,54)/p-1. The number of benzene rings is 2. The van der Waals surface area contributed by atoms with Crippen molar-refractivity contribution in [2.75, 3.05) is 23.7 Å². The fourth-order valence-corrected chi connectivity index (χ4v) is 10.3. The van der Waals surface area contributed by atoms with Gasteiger partial charge in [0.05, 0.1) is 28.5 Å². The van der Waals surface area contributed by atoms with Crippen LogP contribution < -0.4 is 20.9 Å². The molecule has 3 aliphatic heterocycles. The molecule has 3 heterocycles. The molecule has 1 saturated carbocycles. The smallest absolute Gasteiger partial charge is 0.248 e. The van der Waals surface area contributed by atoms with Crippen LogP contribution in [0.2, 0.25) is 0 Å². The van der Waals surface area contributed by atoms with Gasteiger partial charge in [-0.1, -0.05) is 50.3 Å². The van der Waals surface area contributed by atoms with Crippen molar-refractivity contribution in [3.63, 3.8) is 0 Å². The number of nitrogens with two attached hydrogens (primary N) is 2. The van der Waals surface area contributed by atoms with E-state index in [4.69, 9.17) is 11.5 Å². The lowest BCUT2D eigenvalue weighted by atomic mass is 9.82. The van der Waals surface area contributed by atoms with E-state index in [0.717, 1.165) is 22.5 Å². The summed E-state index contributed by atoms with van der Waals surface area (Å²) in [6, 6.07) is 10.0. The number of allylic oxidation sites excluding steroid dienone is 12. The number of nitrogens with zero attached hydrogens (tertiary/aromatic N) is 2. The minimum Gasteiger partial charge on any atom is -0.748 e. The van der Waals surface area contributed by atoms with Crippen molar-refractivity contribution < 1.29 is 40.3 Å². The summed E-state index contributed by atoms with van der Waals surface area (Å²) in [5.41, 5.74) is 16.1. The van der Waals surface area contributed by atoms with Crippen LogP contribution in [-0.4, -0.2) is 67.8 Å². The number of quaternary nitrogens is 1. The summed E-state index contributed by atoms with van der Waals surface area (Å²) in [6.07, 6.45) is 15.5. The van der Waals surface area contributed by atoms with Crippen LogP contribution >= 0.6 is 0 Å². The largest absolute Gasteiger partial charge is 0.748 e. The fraction of sp³-hybridized carbons (Fsp3) is 0.341. The predicted molar refractivity (Wildman–Crippen MR) is 212 cm³/mol. The van der Waals surface area contributed by atoms with Crippen LogP contribution in [0.15, 0.2) is 108 Å². The van der Waals surface area contributed by atoms with Crippen molar-refractivity contribution in [3.05, 3.63) is 130 Å². The van der Waals surface area contributed by atoms with Crippen LogP contribution in [0.1, 0.15) is 85.2 Å². The Morgan fingerprint density at radius 2 is 1.38 bits per heavy atom. The fourth-order valence-electron chi connectivity index (χ4n) is 8.68. The molecule has 0 radical (unpaired) electrons. The Morgan fingerprint density at radius 3 is 1.91 bits per heavy atom. The van der Waals surface area contributed by atoms with Crippen LogP contribution in [0.25, 0.3) is 0 Å². The van der Waals surface area contributed by atoms with E-state index in [2.05, 4.69) is 0 Å². The van der Waals surface area contributed by atoms with Crippen LogP contribution in [-0.2, 0) is 35.9 Å². The molecule has 56 heavy (non-hydrogen) atoms. The number of carbonyl (C=O) groups is 3. The van der Waals surface area contributed by atoms with Crippen LogP contribution in [0, 0.1) is 0 Å². The Bertz CT molecular complexity index is 2460.